The molecule has 0 fully saturated rings. The molecule has 0 unspecified atom stereocenters. The number of hydrogen-bond donors (Lipinski definition) is 2. The number of ether oxygens (including phenoxy) is 2. The maximum atomic E-state index is 12.2. The van der Waals surface area contributed by atoms with E-state index in [1.165, 1.54) is 12.1 Å². The highest BCUT2D eigenvalue weighted by Gasteiger charge is 2.24. The Morgan fingerprint density at radius 3 is 2.33 bits per heavy atom. The van der Waals surface area contributed by atoms with Crippen LogP contribution in [0.15, 0.2) is 17.0 Å². The number of fused-ring (bicyclic) bond motifs is 1. The molecule has 2 rings (SSSR count). The van der Waals surface area contributed by atoms with Gasteiger partial charge in [-0.15, -0.1) is 12.4 Å². The molecular formula is C12H18Cl2N2O4S. The Morgan fingerprint density at radius 1 is 1.29 bits per heavy atom. The van der Waals surface area contributed by atoms with Crippen LogP contribution < -0.4 is 19.9 Å². The third-order valence-electron chi connectivity index (χ3n) is 2.60. The number of rotatable bonds is 4. The number of halogens is 2. The highest BCUT2D eigenvalue weighted by molar-refractivity contribution is 7.89. The lowest BCUT2D eigenvalue weighted by molar-refractivity contribution is 0.171. The second-order valence-electron chi connectivity index (χ2n) is 5.24. The van der Waals surface area contributed by atoms with E-state index in [1.807, 2.05) is 0 Å². The molecule has 0 aliphatic carbocycles. The lowest BCUT2D eigenvalue weighted by atomic mass is 10.1. The van der Waals surface area contributed by atoms with Gasteiger partial charge in [-0.3, -0.25) is 0 Å². The smallest absolute Gasteiger partial charge is 0.242 e. The van der Waals surface area contributed by atoms with Crippen LogP contribution in [-0.2, 0) is 10.0 Å². The van der Waals surface area contributed by atoms with E-state index >= 15 is 0 Å². The SMILES string of the molecule is CC(C)(N)CNS(=O)(=O)c1cc2c(cc1Cl)OCCO2.Cl. The van der Waals surface area contributed by atoms with Crippen LogP contribution in [0.1, 0.15) is 13.8 Å². The summed E-state index contributed by atoms with van der Waals surface area (Å²) in [4.78, 5) is -0.0485. The van der Waals surface area contributed by atoms with Gasteiger partial charge < -0.3 is 15.2 Å². The van der Waals surface area contributed by atoms with Crippen LogP contribution in [0.5, 0.6) is 11.5 Å². The molecular weight excluding hydrogens is 339 g/mol. The summed E-state index contributed by atoms with van der Waals surface area (Å²) in [5.41, 5.74) is 5.11. The largest absolute Gasteiger partial charge is 0.486 e. The molecule has 1 aliphatic rings. The van der Waals surface area contributed by atoms with Crippen molar-refractivity contribution >= 4 is 34.0 Å². The van der Waals surface area contributed by atoms with Crippen molar-refractivity contribution in [3.63, 3.8) is 0 Å². The molecule has 1 aromatic carbocycles. The van der Waals surface area contributed by atoms with Gasteiger partial charge in [-0.1, -0.05) is 11.6 Å². The summed E-state index contributed by atoms with van der Waals surface area (Å²) in [5.74, 6) is 0.812. The zero-order chi connectivity index (χ0) is 15.0. The average molecular weight is 357 g/mol. The molecule has 0 radical (unpaired) electrons. The first-order valence-corrected chi connectivity index (χ1v) is 7.93. The first-order chi connectivity index (χ1) is 9.19. The van der Waals surface area contributed by atoms with E-state index in [0.29, 0.717) is 24.7 Å². The summed E-state index contributed by atoms with van der Waals surface area (Å²) in [6.45, 7) is 4.33. The van der Waals surface area contributed by atoms with Crippen molar-refractivity contribution in [2.75, 3.05) is 19.8 Å². The second kappa shape index (κ2) is 6.58. The maximum absolute atomic E-state index is 12.2. The van der Waals surface area contributed by atoms with Crippen molar-refractivity contribution in [2.45, 2.75) is 24.3 Å². The van der Waals surface area contributed by atoms with E-state index in [9.17, 15) is 8.42 Å². The van der Waals surface area contributed by atoms with Gasteiger partial charge in [0.2, 0.25) is 10.0 Å². The molecule has 0 spiro atoms. The van der Waals surface area contributed by atoms with E-state index in [1.54, 1.807) is 13.8 Å². The Balaban J connectivity index is 0.00000220. The Kier molecular flexibility index (Phi) is 5.74. The summed E-state index contributed by atoms with van der Waals surface area (Å²) < 4.78 is 37.6. The number of benzene rings is 1. The molecule has 9 heteroatoms. The van der Waals surface area contributed by atoms with Crippen molar-refractivity contribution < 1.29 is 17.9 Å². The van der Waals surface area contributed by atoms with Crippen molar-refractivity contribution in [2.24, 2.45) is 5.73 Å². The normalized spacial score (nSPS) is 14.5. The summed E-state index contributed by atoms with van der Waals surface area (Å²) >= 11 is 6.01. The molecule has 0 atom stereocenters. The van der Waals surface area contributed by atoms with Gasteiger partial charge in [0.25, 0.3) is 0 Å². The molecule has 6 nitrogen and oxygen atoms in total. The van der Waals surface area contributed by atoms with Gasteiger partial charge in [-0.2, -0.15) is 0 Å². The van der Waals surface area contributed by atoms with E-state index in [0.717, 1.165) is 0 Å². The number of sulfonamides is 1. The average Bonchev–Trinajstić information content (AvgIpc) is 2.35. The maximum Gasteiger partial charge on any atom is 0.242 e. The molecule has 21 heavy (non-hydrogen) atoms. The van der Waals surface area contributed by atoms with E-state index in [-0.39, 0.29) is 28.9 Å². The minimum atomic E-state index is -3.76. The lowest BCUT2D eigenvalue weighted by Crippen LogP contribution is -2.45. The van der Waals surface area contributed by atoms with Gasteiger partial charge in [-0.25, -0.2) is 13.1 Å². The van der Waals surface area contributed by atoms with Crippen LogP contribution in [0, 0.1) is 0 Å². The van der Waals surface area contributed by atoms with Crippen molar-refractivity contribution in [1.82, 2.24) is 4.72 Å². The molecule has 0 saturated carbocycles. The standard InChI is InChI=1S/C12H17ClN2O4S.ClH/c1-12(2,14)7-15-20(16,17)11-6-10-9(5-8(11)13)18-3-4-19-10;/h5-6,15H,3-4,7,14H2,1-2H3;1H. The molecule has 0 amide bonds. The third kappa shape index (κ3) is 4.62. The van der Waals surface area contributed by atoms with Gasteiger partial charge in [0.15, 0.2) is 11.5 Å². The quantitative estimate of drug-likeness (QED) is 0.853. The first-order valence-electron chi connectivity index (χ1n) is 6.07. The summed E-state index contributed by atoms with van der Waals surface area (Å²) in [7, 11) is -3.76. The molecule has 1 aliphatic heterocycles. The summed E-state index contributed by atoms with van der Waals surface area (Å²) in [5, 5.41) is 0.0802. The minimum absolute atomic E-state index is 0. The van der Waals surface area contributed by atoms with E-state index in [4.69, 9.17) is 26.8 Å². The fourth-order valence-electron chi connectivity index (χ4n) is 1.61. The van der Waals surface area contributed by atoms with Gasteiger partial charge in [-0.05, 0) is 13.8 Å². The number of nitrogens with two attached hydrogens (primary N) is 1. The molecule has 1 aromatic rings. The highest BCUT2D eigenvalue weighted by atomic mass is 35.5. The zero-order valence-electron chi connectivity index (χ0n) is 11.7. The third-order valence-corrected chi connectivity index (χ3v) is 4.47. The van der Waals surface area contributed by atoms with Gasteiger partial charge >= 0.3 is 0 Å². The number of nitrogens with one attached hydrogen (secondary N) is 1. The second-order valence-corrected chi connectivity index (χ2v) is 7.38. The van der Waals surface area contributed by atoms with Gasteiger partial charge in [0, 0.05) is 24.2 Å². The predicted octanol–water partition coefficient (Wildman–Crippen LogP) is 1.55. The summed E-state index contributed by atoms with van der Waals surface area (Å²) in [6, 6.07) is 2.81. The van der Waals surface area contributed by atoms with Crippen LogP contribution in [0.2, 0.25) is 5.02 Å². The topological polar surface area (TPSA) is 90.7 Å². The minimum Gasteiger partial charge on any atom is -0.486 e. The van der Waals surface area contributed by atoms with Crippen molar-refractivity contribution in [3.8, 4) is 11.5 Å². The van der Waals surface area contributed by atoms with Gasteiger partial charge in [0.1, 0.15) is 18.1 Å². The van der Waals surface area contributed by atoms with Crippen LogP contribution >= 0.6 is 24.0 Å². The Morgan fingerprint density at radius 2 is 1.81 bits per heavy atom. The van der Waals surface area contributed by atoms with E-state index < -0.39 is 15.6 Å². The van der Waals surface area contributed by atoms with Gasteiger partial charge in [0.05, 0.1) is 5.02 Å². The Hall–Kier alpha value is -0.730. The van der Waals surface area contributed by atoms with Crippen LogP contribution in [0.3, 0.4) is 0 Å². The van der Waals surface area contributed by atoms with Crippen LogP contribution in [0.25, 0.3) is 0 Å². The molecule has 3 N–H and O–H groups in total. The van der Waals surface area contributed by atoms with E-state index in [2.05, 4.69) is 4.72 Å². The Labute approximate surface area is 135 Å². The number of hydrogen-bond acceptors (Lipinski definition) is 5. The molecule has 0 aromatic heterocycles. The molecule has 0 bridgehead atoms. The van der Waals surface area contributed by atoms with Crippen molar-refractivity contribution in [3.05, 3.63) is 17.2 Å². The van der Waals surface area contributed by atoms with Crippen molar-refractivity contribution in [1.29, 1.82) is 0 Å². The zero-order valence-corrected chi connectivity index (χ0v) is 14.1. The van der Waals surface area contributed by atoms with Crippen LogP contribution in [0.4, 0.5) is 0 Å². The monoisotopic (exact) mass is 356 g/mol. The molecule has 120 valence electrons. The highest BCUT2D eigenvalue weighted by Crippen LogP contribution is 2.37. The summed E-state index contributed by atoms with van der Waals surface area (Å²) in [6.07, 6.45) is 0. The first kappa shape index (κ1) is 18.3. The molecule has 0 saturated heterocycles. The Bertz CT molecular complexity index is 614. The van der Waals surface area contributed by atoms with Crippen LogP contribution in [-0.4, -0.2) is 33.7 Å². The lowest BCUT2D eigenvalue weighted by Gasteiger charge is -2.21. The predicted molar refractivity (Wildman–Crippen MR) is 83.1 cm³/mol. The fourth-order valence-corrected chi connectivity index (χ4v) is 3.36. The molecule has 1 heterocycles. The fraction of sp³-hybridized carbons (Fsp3) is 0.500.